The quantitative estimate of drug-likeness (QED) is 0.338. The second-order valence-electron chi connectivity index (χ2n) is 7.32. The molecular formula is C20H29N3O6. The summed E-state index contributed by atoms with van der Waals surface area (Å²) in [5.74, 6) is -3.49. The molecule has 1 aromatic rings. The van der Waals surface area contributed by atoms with Crippen molar-refractivity contribution in [2.45, 2.75) is 57.7 Å². The number of rotatable bonds is 12. The third-order valence-electron chi connectivity index (χ3n) is 4.24. The minimum absolute atomic E-state index is 0.0405. The van der Waals surface area contributed by atoms with Gasteiger partial charge in [-0.2, -0.15) is 0 Å². The van der Waals surface area contributed by atoms with Crippen LogP contribution in [-0.4, -0.2) is 52.1 Å². The van der Waals surface area contributed by atoms with Crippen molar-refractivity contribution in [2.24, 2.45) is 11.7 Å². The highest BCUT2D eigenvalue weighted by Crippen LogP contribution is 2.08. The van der Waals surface area contributed by atoms with Crippen LogP contribution in [0, 0.1) is 5.92 Å². The molecular weight excluding hydrogens is 378 g/mol. The minimum Gasteiger partial charge on any atom is -0.481 e. The average molecular weight is 407 g/mol. The van der Waals surface area contributed by atoms with Crippen molar-refractivity contribution in [2.75, 3.05) is 0 Å². The van der Waals surface area contributed by atoms with Crippen LogP contribution in [-0.2, 0) is 25.6 Å². The lowest BCUT2D eigenvalue weighted by Gasteiger charge is -2.24. The van der Waals surface area contributed by atoms with Crippen molar-refractivity contribution >= 4 is 23.8 Å². The zero-order valence-corrected chi connectivity index (χ0v) is 16.6. The number of carbonyl (C=O) groups excluding carboxylic acids is 2. The zero-order valence-electron chi connectivity index (χ0n) is 16.6. The topological polar surface area (TPSA) is 159 Å². The summed E-state index contributed by atoms with van der Waals surface area (Å²) in [5, 5.41) is 23.2. The highest BCUT2D eigenvalue weighted by atomic mass is 16.4. The molecule has 1 rings (SSSR count). The fourth-order valence-corrected chi connectivity index (χ4v) is 2.71. The number of nitrogens with one attached hydrogen (secondary N) is 2. The number of carboxylic acids is 2. The van der Waals surface area contributed by atoms with E-state index in [1.165, 1.54) is 0 Å². The number of nitrogens with two attached hydrogens (primary N) is 1. The monoisotopic (exact) mass is 407 g/mol. The van der Waals surface area contributed by atoms with E-state index in [2.05, 4.69) is 10.6 Å². The molecule has 0 heterocycles. The normalized spacial score (nSPS) is 13.9. The predicted molar refractivity (Wildman–Crippen MR) is 106 cm³/mol. The van der Waals surface area contributed by atoms with Crippen LogP contribution in [0.2, 0.25) is 0 Å². The molecule has 3 atom stereocenters. The first-order chi connectivity index (χ1) is 13.6. The van der Waals surface area contributed by atoms with Gasteiger partial charge in [0.1, 0.15) is 12.1 Å². The van der Waals surface area contributed by atoms with Gasteiger partial charge in [-0.25, -0.2) is 4.79 Å². The highest BCUT2D eigenvalue weighted by molar-refractivity contribution is 5.92. The van der Waals surface area contributed by atoms with E-state index in [-0.39, 0.29) is 31.6 Å². The zero-order chi connectivity index (χ0) is 22.0. The van der Waals surface area contributed by atoms with E-state index in [9.17, 15) is 24.3 Å². The molecule has 9 heteroatoms. The maximum atomic E-state index is 12.7. The van der Waals surface area contributed by atoms with E-state index in [1.54, 1.807) is 30.3 Å². The molecule has 0 saturated heterocycles. The fraction of sp³-hybridized carbons (Fsp3) is 0.500. The molecule has 0 spiro atoms. The van der Waals surface area contributed by atoms with Crippen molar-refractivity contribution in [3.63, 3.8) is 0 Å². The Hall–Kier alpha value is -2.94. The number of carboxylic acid groups (broad SMARTS) is 2. The van der Waals surface area contributed by atoms with E-state index >= 15 is 0 Å². The molecule has 0 aliphatic heterocycles. The van der Waals surface area contributed by atoms with E-state index in [0.717, 1.165) is 5.56 Å². The van der Waals surface area contributed by atoms with E-state index in [1.807, 2.05) is 13.8 Å². The summed E-state index contributed by atoms with van der Waals surface area (Å²) in [5.41, 5.74) is 6.45. The molecule has 0 fully saturated rings. The third-order valence-corrected chi connectivity index (χ3v) is 4.24. The van der Waals surface area contributed by atoms with Crippen molar-refractivity contribution in [1.29, 1.82) is 0 Å². The van der Waals surface area contributed by atoms with Crippen molar-refractivity contribution in [3.05, 3.63) is 35.9 Å². The maximum Gasteiger partial charge on any atom is 0.326 e. The van der Waals surface area contributed by atoms with Crippen LogP contribution in [0.15, 0.2) is 30.3 Å². The van der Waals surface area contributed by atoms with Crippen molar-refractivity contribution in [1.82, 2.24) is 10.6 Å². The molecule has 0 saturated carbocycles. The number of aliphatic carboxylic acids is 2. The van der Waals surface area contributed by atoms with E-state index in [0.29, 0.717) is 0 Å². The molecule has 0 aromatic heterocycles. The van der Waals surface area contributed by atoms with Crippen LogP contribution in [0.5, 0.6) is 0 Å². The van der Waals surface area contributed by atoms with Gasteiger partial charge in [-0.05, 0) is 24.3 Å². The Morgan fingerprint density at radius 2 is 1.55 bits per heavy atom. The van der Waals surface area contributed by atoms with Gasteiger partial charge in [0.2, 0.25) is 11.8 Å². The van der Waals surface area contributed by atoms with Gasteiger partial charge >= 0.3 is 11.9 Å². The number of hydrogen-bond donors (Lipinski definition) is 5. The van der Waals surface area contributed by atoms with Gasteiger partial charge in [-0.15, -0.1) is 0 Å². The molecule has 0 aliphatic rings. The molecule has 2 amide bonds. The third kappa shape index (κ3) is 9.20. The summed E-state index contributed by atoms with van der Waals surface area (Å²) in [6.07, 6.45) is 0.0417. The number of benzene rings is 1. The summed E-state index contributed by atoms with van der Waals surface area (Å²) < 4.78 is 0. The standard InChI is InChI=1S/C20H29N3O6/c1-12(2)10-15(22-18(26)14(21)8-9-17(24)25)19(27)23-16(20(28)29)11-13-6-4-3-5-7-13/h3-7,12,14-16H,8-11,21H2,1-2H3,(H,22,26)(H,23,27)(H,24,25)(H,28,29). The van der Waals surface area contributed by atoms with Crippen molar-refractivity contribution in [3.8, 4) is 0 Å². The number of amides is 2. The molecule has 0 aliphatic carbocycles. The van der Waals surface area contributed by atoms with E-state index < -0.39 is 41.9 Å². The van der Waals surface area contributed by atoms with Crippen LogP contribution >= 0.6 is 0 Å². The molecule has 1 aromatic carbocycles. The number of hydrogen-bond acceptors (Lipinski definition) is 5. The second kappa shape index (κ2) is 11.8. The molecule has 3 unspecified atom stereocenters. The predicted octanol–water partition coefficient (Wildman–Crippen LogP) is 0.522. The Morgan fingerprint density at radius 1 is 0.966 bits per heavy atom. The summed E-state index contributed by atoms with van der Waals surface area (Å²) in [6.45, 7) is 3.71. The molecule has 6 N–H and O–H groups in total. The van der Waals surface area contributed by atoms with Gasteiger partial charge < -0.3 is 26.6 Å². The first-order valence-electron chi connectivity index (χ1n) is 9.45. The molecule has 29 heavy (non-hydrogen) atoms. The lowest BCUT2D eigenvalue weighted by atomic mass is 10.0. The maximum absolute atomic E-state index is 12.7. The van der Waals surface area contributed by atoms with Crippen LogP contribution in [0.1, 0.15) is 38.7 Å². The number of carbonyl (C=O) groups is 4. The first-order valence-corrected chi connectivity index (χ1v) is 9.45. The van der Waals surface area contributed by atoms with Crippen molar-refractivity contribution < 1.29 is 29.4 Å². The van der Waals surface area contributed by atoms with Gasteiger partial charge in [-0.1, -0.05) is 44.2 Å². The summed E-state index contributed by atoms with van der Waals surface area (Å²) >= 11 is 0. The van der Waals surface area contributed by atoms with Crippen LogP contribution in [0.4, 0.5) is 0 Å². The van der Waals surface area contributed by atoms with Crippen LogP contribution in [0.25, 0.3) is 0 Å². The molecule has 160 valence electrons. The Labute approximate surface area is 169 Å². The molecule has 9 nitrogen and oxygen atoms in total. The Balaban J connectivity index is 2.81. The lowest BCUT2D eigenvalue weighted by Crippen LogP contribution is -2.55. The Bertz CT molecular complexity index is 707. The first kappa shape index (κ1) is 24.1. The van der Waals surface area contributed by atoms with Gasteiger partial charge in [-0.3, -0.25) is 14.4 Å². The van der Waals surface area contributed by atoms with E-state index in [4.69, 9.17) is 10.8 Å². The van der Waals surface area contributed by atoms with Crippen LogP contribution in [0.3, 0.4) is 0 Å². The van der Waals surface area contributed by atoms with Gasteiger partial charge in [0.15, 0.2) is 0 Å². The van der Waals surface area contributed by atoms with Gasteiger partial charge in [0, 0.05) is 12.8 Å². The molecule has 0 radical (unpaired) electrons. The summed E-state index contributed by atoms with van der Waals surface area (Å²) in [4.78, 5) is 47.1. The van der Waals surface area contributed by atoms with Gasteiger partial charge in [0.05, 0.1) is 6.04 Å². The highest BCUT2D eigenvalue weighted by Gasteiger charge is 2.28. The Morgan fingerprint density at radius 3 is 2.07 bits per heavy atom. The average Bonchev–Trinajstić information content (AvgIpc) is 2.65. The minimum atomic E-state index is -1.19. The lowest BCUT2D eigenvalue weighted by molar-refractivity contribution is -0.142. The smallest absolute Gasteiger partial charge is 0.326 e. The summed E-state index contributed by atoms with van der Waals surface area (Å²) in [6, 6.07) is 5.67. The van der Waals surface area contributed by atoms with Gasteiger partial charge in [0.25, 0.3) is 0 Å². The summed E-state index contributed by atoms with van der Waals surface area (Å²) in [7, 11) is 0. The van der Waals surface area contributed by atoms with Crippen LogP contribution < -0.4 is 16.4 Å². The SMILES string of the molecule is CC(C)CC(NC(=O)C(N)CCC(=O)O)C(=O)NC(Cc1ccccc1)C(=O)O. The largest absolute Gasteiger partial charge is 0.481 e. The molecule has 0 bridgehead atoms. The second-order valence-corrected chi connectivity index (χ2v) is 7.32. The Kier molecular flexibility index (Phi) is 9.81. The fourth-order valence-electron chi connectivity index (χ4n) is 2.71.